The van der Waals surface area contributed by atoms with E-state index in [-0.39, 0.29) is 23.2 Å². The highest BCUT2D eigenvalue weighted by Gasteiger charge is 2.47. The SMILES string of the molecule is COc1ccc(/C(O)=C2\C(=O)C(=O)N(Cc3ccc(F)cc3)C2c2ccccc2F)cc1Br. The highest BCUT2D eigenvalue weighted by molar-refractivity contribution is 9.10. The van der Waals surface area contributed by atoms with Gasteiger partial charge >= 0.3 is 0 Å². The molecule has 0 saturated carbocycles. The highest BCUT2D eigenvalue weighted by Crippen LogP contribution is 2.41. The lowest BCUT2D eigenvalue weighted by Crippen LogP contribution is -2.29. The zero-order valence-electron chi connectivity index (χ0n) is 17.4. The van der Waals surface area contributed by atoms with Gasteiger partial charge in [0.05, 0.1) is 23.2 Å². The summed E-state index contributed by atoms with van der Waals surface area (Å²) in [5.74, 6) is -2.83. The van der Waals surface area contributed by atoms with Gasteiger partial charge in [0.15, 0.2) is 0 Å². The molecule has 5 nitrogen and oxygen atoms in total. The number of nitrogens with zero attached hydrogens (tertiary/aromatic N) is 1. The minimum Gasteiger partial charge on any atom is -0.507 e. The Balaban J connectivity index is 1.87. The number of ketones is 1. The summed E-state index contributed by atoms with van der Waals surface area (Å²) < 4.78 is 33.9. The standard InChI is InChI=1S/C25H18BrF2NO4/c1-33-20-11-8-15(12-18(20)26)23(30)21-22(17-4-2-3-5-19(17)28)29(25(32)24(21)31)13-14-6-9-16(27)10-7-14/h2-12,22,30H,13H2,1H3/b23-21+. The fourth-order valence-electron chi connectivity index (χ4n) is 3.82. The Morgan fingerprint density at radius 3 is 2.39 bits per heavy atom. The zero-order chi connectivity index (χ0) is 23.7. The van der Waals surface area contributed by atoms with Crippen molar-refractivity contribution in [1.82, 2.24) is 4.90 Å². The number of benzene rings is 3. The first-order chi connectivity index (χ1) is 15.8. The number of carbonyl (C=O) groups excluding carboxylic acids is 2. The Hall–Kier alpha value is -3.52. The Morgan fingerprint density at radius 2 is 1.76 bits per heavy atom. The van der Waals surface area contributed by atoms with E-state index < -0.39 is 35.1 Å². The van der Waals surface area contributed by atoms with Crippen molar-refractivity contribution < 1.29 is 28.2 Å². The van der Waals surface area contributed by atoms with Gasteiger partial charge in [-0.1, -0.05) is 30.3 Å². The van der Waals surface area contributed by atoms with Crippen LogP contribution in [-0.4, -0.2) is 28.8 Å². The lowest BCUT2D eigenvalue weighted by molar-refractivity contribution is -0.140. The molecule has 1 saturated heterocycles. The van der Waals surface area contributed by atoms with E-state index in [9.17, 15) is 23.5 Å². The van der Waals surface area contributed by atoms with Crippen molar-refractivity contribution in [1.29, 1.82) is 0 Å². The number of ether oxygens (including phenoxy) is 1. The maximum Gasteiger partial charge on any atom is 0.295 e. The van der Waals surface area contributed by atoms with Gasteiger partial charge in [-0.05, 0) is 57.9 Å². The number of methoxy groups -OCH3 is 1. The molecule has 0 bridgehead atoms. The summed E-state index contributed by atoms with van der Waals surface area (Å²) >= 11 is 3.33. The molecule has 8 heteroatoms. The summed E-state index contributed by atoms with van der Waals surface area (Å²) in [5, 5.41) is 11.1. The van der Waals surface area contributed by atoms with Crippen molar-refractivity contribution in [2.45, 2.75) is 12.6 Å². The van der Waals surface area contributed by atoms with E-state index in [0.29, 0.717) is 15.8 Å². The van der Waals surface area contributed by atoms with Crippen LogP contribution in [0, 0.1) is 11.6 Å². The molecule has 1 unspecified atom stereocenters. The molecule has 168 valence electrons. The van der Waals surface area contributed by atoms with Crippen molar-refractivity contribution >= 4 is 33.4 Å². The lowest BCUT2D eigenvalue weighted by atomic mass is 9.94. The van der Waals surface area contributed by atoms with Crippen LogP contribution >= 0.6 is 15.9 Å². The van der Waals surface area contributed by atoms with Crippen LogP contribution in [0.5, 0.6) is 5.75 Å². The fraction of sp³-hybridized carbons (Fsp3) is 0.120. The third kappa shape index (κ3) is 4.26. The van der Waals surface area contributed by atoms with Crippen LogP contribution < -0.4 is 4.74 Å². The van der Waals surface area contributed by atoms with Gasteiger partial charge < -0.3 is 14.7 Å². The van der Waals surface area contributed by atoms with Gasteiger partial charge in [0.25, 0.3) is 11.7 Å². The van der Waals surface area contributed by atoms with Crippen molar-refractivity contribution in [3.05, 3.63) is 105 Å². The lowest BCUT2D eigenvalue weighted by Gasteiger charge is -2.25. The number of aliphatic hydroxyl groups is 1. The van der Waals surface area contributed by atoms with Crippen LogP contribution in [0.1, 0.15) is 22.7 Å². The fourth-order valence-corrected chi connectivity index (χ4v) is 4.36. The third-order valence-electron chi connectivity index (χ3n) is 5.43. The maximum absolute atomic E-state index is 14.8. The second-order valence-electron chi connectivity index (χ2n) is 7.42. The molecule has 0 radical (unpaired) electrons. The Labute approximate surface area is 197 Å². The molecule has 0 aromatic heterocycles. The number of carbonyl (C=O) groups is 2. The Bertz CT molecular complexity index is 1270. The topological polar surface area (TPSA) is 66.8 Å². The molecule has 1 aliphatic heterocycles. The van der Waals surface area contributed by atoms with Crippen LogP contribution in [0.2, 0.25) is 0 Å². The van der Waals surface area contributed by atoms with Gasteiger partial charge in [-0.2, -0.15) is 0 Å². The predicted molar refractivity (Wildman–Crippen MR) is 121 cm³/mol. The molecule has 1 amide bonds. The van der Waals surface area contributed by atoms with Crippen LogP contribution in [0.4, 0.5) is 8.78 Å². The maximum atomic E-state index is 14.8. The van der Waals surface area contributed by atoms with Gasteiger partial charge in [-0.25, -0.2) is 8.78 Å². The van der Waals surface area contributed by atoms with E-state index in [1.165, 1.54) is 60.5 Å². The van der Waals surface area contributed by atoms with Gasteiger partial charge in [-0.3, -0.25) is 9.59 Å². The number of hydrogen-bond donors (Lipinski definition) is 1. The van der Waals surface area contributed by atoms with Gasteiger partial charge in [0.1, 0.15) is 23.1 Å². The molecular weight excluding hydrogens is 496 g/mol. The van der Waals surface area contributed by atoms with Gasteiger partial charge in [0, 0.05) is 17.7 Å². The van der Waals surface area contributed by atoms with Crippen molar-refractivity contribution in [3.8, 4) is 5.75 Å². The molecule has 1 atom stereocenters. The number of likely N-dealkylation sites (tertiary alicyclic amines) is 1. The molecule has 1 fully saturated rings. The van der Waals surface area contributed by atoms with Gasteiger partial charge in [-0.15, -0.1) is 0 Å². The summed E-state index contributed by atoms with van der Waals surface area (Å²) in [5.41, 5.74) is 0.632. The molecule has 1 heterocycles. The number of aliphatic hydroxyl groups excluding tert-OH is 1. The Kier molecular flexibility index (Phi) is 6.29. The molecule has 3 aromatic carbocycles. The van der Waals surface area contributed by atoms with Crippen LogP contribution in [-0.2, 0) is 16.1 Å². The van der Waals surface area contributed by atoms with Crippen LogP contribution in [0.3, 0.4) is 0 Å². The van der Waals surface area contributed by atoms with Crippen LogP contribution in [0.25, 0.3) is 5.76 Å². The van der Waals surface area contributed by atoms with E-state index >= 15 is 0 Å². The monoisotopic (exact) mass is 513 g/mol. The first-order valence-electron chi connectivity index (χ1n) is 9.93. The molecule has 33 heavy (non-hydrogen) atoms. The van der Waals surface area contributed by atoms with E-state index in [2.05, 4.69) is 15.9 Å². The normalized spacial score (nSPS) is 17.5. The molecule has 4 rings (SSSR count). The third-order valence-corrected chi connectivity index (χ3v) is 6.05. The average molecular weight is 514 g/mol. The zero-order valence-corrected chi connectivity index (χ0v) is 19.0. The molecular formula is C25H18BrF2NO4. The van der Waals surface area contributed by atoms with Gasteiger partial charge in [0.2, 0.25) is 0 Å². The molecule has 0 aliphatic carbocycles. The summed E-state index contributed by atoms with van der Waals surface area (Å²) in [7, 11) is 1.48. The van der Waals surface area contributed by atoms with E-state index in [1.807, 2.05) is 0 Å². The molecule has 1 aliphatic rings. The number of rotatable bonds is 5. The average Bonchev–Trinajstić information content (AvgIpc) is 3.05. The van der Waals surface area contributed by atoms with Crippen molar-refractivity contribution in [3.63, 3.8) is 0 Å². The molecule has 3 aromatic rings. The number of Topliss-reactive ketones (excluding diaryl/α,β-unsaturated/α-hetero) is 1. The van der Waals surface area contributed by atoms with E-state index in [4.69, 9.17) is 4.74 Å². The second-order valence-corrected chi connectivity index (χ2v) is 8.28. The van der Waals surface area contributed by atoms with Crippen LogP contribution in [0.15, 0.2) is 76.8 Å². The van der Waals surface area contributed by atoms with Crippen molar-refractivity contribution in [2.24, 2.45) is 0 Å². The first kappa shape index (κ1) is 22.7. The number of amides is 1. The summed E-state index contributed by atoms with van der Waals surface area (Å²) in [6.07, 6.45) is 0. The van der Waals surface area contributed by atoms with Crippen molar-refractivity contribution in [2.75, 3.05) is 7.11 Å². The molecule has 0 spiro atoms. The number of hydrogen-bond acceptors (Lipinski definition) is 4. The van der Waals surface area contributed by atoms with E-state index in [0.717, 1.165) is 0 Å². The quantitative estimate of drug-likeness (QED) is 0.283. The summed E-state index contributed by atoms with van der Waals surface area (Å²) in [4.78, 5) is 27.2. The highest BCUT2D eigenvalue weighted by atomic mass is 79.9. The molecule has 1 N–H and O–H groups in total. The summed E-state index contributed by atoms with van der Waals surface area (Å²) in [6.45, 7) is -0.0764. The number of halogens is 3. The van der Waals surface area contributed by atoms with E-state index in [1.54, 1.807) is 18.2 Å². The first-order valence-corrected chi connectivity index (χ1v) is 10.7. The smallest absolute Gasteiger partial charge is 0.295 e. The largest absolute Gasteiger partial charge is 0.507 e. The summed E-state index contributed by atoms with van der Waals surface area (Å²) in [6, 6.07) is 14.7. The minimum atomic E-state index is -1.17. The predicted octanol–water partition coefficient (Wildman–Crippen LogP) is 5.36. The second kappa shape index (κ2) is 9.15. The Morgan fingerprint density at radius 1 is 1.06 bits per heavy atom. The minimum absolute atomic E-state index is 0.0629.